The van der Waals surface area contributed by atoms with Gasteiger partial charge in [-0.1, -0.05) is 35.9 Å². The molecule has 2 aromatic rings. The molecular formula is C23H30N3O2+. The van der Waals surface area contributed by atoms with E-state index in [1.807, 2.05) is 50.9 Å². The van der Waals surface area contributed by atoms with Crippen molar-refractivity contribution >= 4 is 23.2 Å². The molecule has 1 atom stereocenters. The molecule has 1 aliphatic heterocycles. The Kier molecular flexibility index (Phi) is 6.15. The van der Waals surface area contributed by atoms with Crippen LogP contribution < -0.4 is 15.1 Å². The lowest BCUT2D eigenvalue weighted by Gasteiger charge is -2.29. The predicted octanol–water partition coefficient (Wildman–Crippen LogP) is 2.04. The number of fused-ring (bicyclic) bond motifs is 1. The van der Waals surface area contributed by atoms with Crippen LogP contribution in [0.3, 0.4) is 0 Å². The molecule has 0 radical (unpaired) electrons. The Balaban J connectivity index is 1.59. The number of nitrogens with zero attached hydrogens (tertiary/aromatic N) is 1. The SMILES string of the molecule is Cc1cc(C)c(NC(=O)C[NH+](C)CC(=O)N2CCCc3ccccc32)c(C)c1. The Bertz CT molecular complexity index is 868. The van der Waals surface area contributed by atoms with Crippen molar-refractivity contribution < 1.29 is 14.5 Å². The van der Waals surface area contributed by atoms with Gasteiger partial charge in [-0.15, -0.1) is 0 Å². The van der Waals surface area contributed by atoms with Crippen molar-refractivity contribution in [3.05, 3.63) is 58.7 Å². The molecule has 0 bridgehead atoms. The maximum atomic E-state index is 12.8. The van der Waals surface area contributed by atoms with E-state index in [1.165, 1.54) is 11.1 Å². The Morgan fingerprint density at radius 3 is 2.46 bits per heavy atom. The summed E-state index contributed by atoms with van der Waals surface area (Å²) in [4.78, 5) is 28.1. The van der Waals surface area contributed by atoms with Gasteiger partial charge in [-0.2, -0.15) is 0 Å². The summed E-state index contributed by atoms with van der Waals surface area (Å²) in [6.45, 7) is 7.36. The first kappa shape index (κ1) is 20.1. The van der Waals surface area contributed by atoms with Crippen LogP contribution in [0.5, 0.6) is 0 Å². The minimum Gasteiger partial charge on any atom is -0.322 e. The van der Waals surface area contributed by atoms with Crippen molar-refractivity contribution in [1.82, 2.24) is 0 Å². The maximum Gasteiger partial charge on any atom is 0.282 e. The van der Waals surface area contributed by atoms with E-state index < -0.39 is 0 Å². The molecule has 3 rings (SSSR count). The third-order valence-electron chi connectivity index (χ3n) is 5.27. The summed E-state index contributed by atoms with van der Waals surface area (Å²) in [5, 5.41) is 3.02. The number of likely N-dealkylation sites (N-methyl/N-ethyl adjacent to an activating group) is 1. The van der Waals surface area contributed by atoms with Gasteiger partial charge in [0.2, 0.25) is 0 Å². The fourth-order valence-corrected chi connectivity index (χ4v) is 4.04. The number of anilines is 2. The van der Waals surface area contributed by atoms with Gasteiger partial charge in [0.15, 0.2) is 13.1 Å². The molecule has 0 aliphatic carbocycles. The topological polar surface area (TPSA) is 53.9 Å². The van der Waals surface area contributed by atoms with Gasteiger partial charge >= 0.3 is 0 Å². The summed E-state index contributed by atoms with van der Waals surface area (Å²) in [5.74, 6) is -0.000422. The highest BCUT2D eigenvalue weighted by Gasteiger charge is 2.25. The Hall–Kier alpha value is -2.66. The first-order valence-electron chi connectivity index (χ1n) is 9.92. The molecule has 1 unspecified atom stereocenters. The summed E-state index contributed by atoms with van der Waals surface area (Å²) in [5.41, 5.74) is 6.42. The first-order chi connectivity index (χ1) is 13.3. The van der Waals surface area contributed by atoms with E-state index in [4.69, 9.17) is 0 Å². The Labute approximate surface area is 167 Å². The highest BCUT2D eigenvalue weighted by molar-refractivity contribution is 5.96. The van der Waals surface area contributed by atoms with Crippen LogP contribution in [0.2, 0.25) is 0 Å². The van der Waals surface area contributed by atoms with Gasteiger partial charge in [-0.05, 0) is 56.4 Å². The number of quaternary nitrogens is 1. The third kappa shape index (κ3) is 4.60. The average molecular weight is 381 g/mol. The van der Waals surface area contributed by atoms with Gasteiger partial charge in [0, 0.05) is 17.9 Å². The van der Waals surface area contributed by atoms with Crippen LogP contribution in [0.15, 0.2) is 36.4 Å². The van der Waals surface area contributed by atoms with Gasteiger partial charge in [-0.3, -0.25) is 9.59 Å². The van der Waals surface area contributed by atoms with Crippen LogP contribution in [0.1, 0.15) is 28.7 Å². The van der Waals surface area contributed by atoms with Crippen LogP contribution in [0.25, 0.3) is 0 Å². The van der Waals surface area contributed by atoms with Crippen molar-refractivity contribution in [3.8, 4) is 0 Å². The number of nitrogens with one attached hydrogen (secondary N) is 2. The molecule has 1 aliphatic rings. The molecule has 0 aromatic heterocycles. The van der Waals surface area contributed by atoms with Crippen LogP contribution in [0.4, 0.5) is 11.4 Å². The van der Waals surface area contributed by atoms with E-state index in [2.05, 4.69) is 23.5 Å². The number of amides is 2. The minimum atomic E-state index is -0.0700. The van der Waals surface area contributed by atoms with Crippen LogP contribution in [-0.2, 0) is 16.0 Å². The van der Waals surface area contributed by atoms with E-state index in [1.54, 1.807) is 0 Å². The molecule has 0 fully saturated rings. The molecule has 2 amide bonds. The third-order valence-corrected chi connectivity index (χ3v) is 5.27. The smallest absolute Gasteiger partial charge is 0.282 e. The van der Waals surface area contributed by atoms with Gasteiger partial charge in [-0.25, -0.2) is 0 Å². The fraction of sp³-hybridized carbons (Fsp3) is 0.391. The van der Waals surface area contributed by atoms with E-state index >= 15 is 0 Å². The number of benzene rings is 2. The molecule has 148 valence electrons. The molecule has 2 aromatic carbocycles. The minimum absolute atomic E-state index is 0.0696. The summed E-state index contributed by atoms with van der Waals surface area (Å²) in [6.07, 6.45) is 1.99. The number of hydrogen-bond acceptors (Lipinski definition) is 2. The zero-order valence-corrected chi connectivity index (χ0v) is 17.3. The second kappa shape index (κ2) is 8.57. The average Bonchev–Trinajstić information content (AvgIpc) is 2.64. The Morgan fingerprint density at radius 1 is 1.07 bits per heavy atom. The quantitative estimate of drug-likeness (QED) is 0.834. The zero-order valence-electron chi connectivity index (χ0n) is 17.3. The molecule has 0 saturated carbocycles. The van der Waals surface area contributed by atoms with Gasteiger partial charge < -0.3 is 15.1 Å². The molecule has 0 saturated heterocycles. The van der Waals surface area contributed by atoms with Gasteiger partial charge in [0.25, 0.3) is 11.8 Å². The molecule has 5 nitrogen and oxygen atoms in total. The van der Waals surface area contributed by atoms with Crippen molar-refractivity contribution in [2.75, 3.05) is 36.9 Å². The predicted molar refractivity (Wildman–Crippen MR) is 113 cm³/mol. The summed E-state index contributed by atoms with van der Waals surface area (Å²) >= 11 is 0. The lowest BCUT2D eigenvalue weighted by Crippen LogP contribution is -3.11. The van der Waals surface area contributed by atoms with E-state index in [0.29, 0.717) is 6.54 Å². The van der Waals surface area contributed by atoms with E-state index in [-0.39, 0.29) is 18.4 Å². The number of rotatable bonds is 5. The second-order valence-electron chi connectivity index (χ2n) is 7.91. The highest BCUT2D eigenvalue weighted by Crippen LogP contribution is 2.26. The largest absolute Gasteiger partial charge is 0.322 e. The van der Waals surface area contributed by atoms with Gasteiger partial charge in [0.05, 0.1) is 7.05 Å². The molecule has 1 heterocycles. The Morgan fingerprint density at radius 2 is 1.75 bits per heavy atom. The lowest BCUT2D eigenvalue weighted by molar-refractivity contribution is -0.862. The summed E-state index contributed by atoms with van der Waals surface area (Å²) in [7, 11) is 1.89. The maximum absolute atomic E-state index is 12.8. The van der Waals surface area contributed by atoms with E-state index in [9.17, 15) is 9.59 Å². The standard InChI is InChI=1S/C23H29N3O2/c1-16-12-17(2)23(18(3)13-16)24-21(27)14-25(4)15-22(28)26-11-7-9-19-8-5-6-10-20(19)26/h5-6,8,10,12-13H,7,9,11,14-15H2,1-4H3,(H,24,27)/p+1. The first-order valence-corrected chi connectivity index (χ1v) is 9.92. The van der Waals surface area contributed by atoms with Crippen LogP contribution in [0, 0.1) is 20.8 Å². The fourth-order valence-electron chi connectivity index (χ4n) is 4.04. The number of hydrogen-bond donors (Lipinski definition) is 2. The molecule has 2 N–H and O–H groups in total. The monoisotopic (exact) mass is 380 g/mol. The van der Waals surface area contributed by atoms with Crippen molar-refractivity contribution in [2.45, 2.75) is 33.6 Å². The van der Waals surface area contributed by atoms with Crippen molar-refractivity contribution in [1.29, 1.82) is 0 Å². The molecule has 0 spiro atoms. The van der Waals surface area contributed by atoms with Crippen molar-refractivity contribution in [2.24, 2.45) is 0 Å². The number of carbonyl (C=O) groups is 2. The zero-order chi connectivity index (χ0) is 20.3. The summed E-state index contributed by atoms with van der Waals surface area (Å²) < 4.78 is 0. The summed E-state index contributed by atoms with van der Waals surface area (Å²) in [6, 6.07) is 12.2. The highest BCUT2D eigenvalue weighted by atomic mass is 16.2. The number of para-hydroxylation sites is 1. The second-order valence-corrected chi connectivity index (χ2v) is 7.91. The van der Waals surface area contributed by atoms with Gasteiger partial charge in [0.1, 0.15) is 0 Å². The molecular weight excluding hydrogens is 350 g/mol. The lowest BCUT2D eigenvalue weighted by atomic mass is 10.0. The van der Waals surface area contributed by atoms with E-state index in [0.717, 1.165) is 46.8 Å². The molecule has 28 heavy (non-hydrogen) atoms. The molecule has 5 heteroatoms. The number of carbonyl (C=O) groups excluding carboxylic acids is 2. The van der Waals surface area contributed by atoms with Crippen LogP contribution in [-0.4, -0.2) is 38.5 Å². The van der Waals surface area contributed by atoms with Crippen molar-refractivity contribution in [3.63, 3.8) is 0 Å². The number of aryl methyl sites for hydroxylation is 4. The van der Waals surface area contributed by atoms with Crippen LogP contribution >= 0.6 is 0 Å². The normalized spacial score (nSPS) is 14.4.